The average molecular weight is 583 g/mol. The third-order valence-electron chi connectivity index (χ3n) is 5.01. The Bertz CT molecular complexity index is 1390. The standard InChI is InChI=1S/C25H19BrN4O4S2/c1-15(23(31)29-25-28-22(14-35-25)16-2-6-18(26)7-3-16)36-21-12-8-19(9-13-21)27-24(32)17-4-10-20(11-5-17)30(33)34/h2-15H,1H3,(H,27,32)(H,28,29,31). The summed E-state index contributed by atoms with van der Waals surface area (Å²) in [4.78, 5) is 40.7. The van der Waals surface area contributed by atoms with Gasteiger partial charge in [-0.1, -0.05) is 28.1 Å². The smallest absolute Gasteiger partial charge is 0.269 e. The van der Waals surface area contributed by atoms with E-state index < -0.39 is 4.92 Å². The SMILES string of the molecule is CC(Sc1ccc(NC(=O)c2ccc([N+](=O)[O-])cc2)cc1)C(=O)Nc1nc(-c2ccc(Br)cc2)cs1. The first kappa shape index (κ1) is 25.5. The molecule has 0 saturated heterocycles. The number of carbonyl (C=O) groups is 2. The Morgan fingerprint density at radius 2 is 1.67 bits per heavy atom. The van der Waals surface area contributed by atoms with Crippen LogP contribution in [-0.4, -0.2) is 27.0 Å². The monoisotopic (exact) mass is 582 g/mol. The van der Waals surface area contributed by atoms with Gasteiger partial charge in [0.05, 0.1) is 15.9 Å². The van der Waals surface area contributed by atoms with Gasteiger partial charge in [-0.3, -0.25) is 19.7 Å². The van der Waals surface area contributed by atoms with E-state index in [4.69, 9.17) is 0 Å². The van der Waals surface area contributed by atoms with Crippen LogP contribution < -0.4 is 10.6 Å². The fourth-order valence-corrected chi connectivity index (χ4v) is 4.96. The molecule has 0 aliphatic rings. The highest BCUT2D eigenvalue weighted by atomic mass is 79.9. The molecule has 0 radical (unpaired) electrons. The van der Waals surface area contributed by atoms with E-state index in [1.54, 1.807) is 12.1 Å². The van der Waals surface area contributed by atoms with Gasteiger partial charge < -0.3 is 10.6 Å². The predicted molar refractivity (Wildman–Crippen MR) is 147 cm³/mol. The molecule has 1 atom stereocenters. The first-order chi connectivity index (χ1) is 17.3. The molecular formula is C25H19BrN4O4S2. The number of hydrogen-bond acceptors (Lipinski definition) is 7. The zero-order valence-electron chi connectivity index (χ0n) is 18.8. The van der Waals surface area contributed by atoms with E-state index >= 15 is 0 Å². The Morgan fingerprint density at radius 1 is 1.00 bits per heavy atom. The molecule has 182 valence electrons. The summed E-state index contributed by atoms with van der Waals surface area (Å²) >= 11 is 6.17. The number of nitro benzene ring substituents is 1. The van der Waals surface area contributed by atoms with Crippen molar-refractivity contribution in [2.45, 2.75) is 17.1 Å². The van der Waals surface area contributed by atoms with Crippen LogP contribution in [0.1, 0.15) is 17.3 Å². The van der Waals surface area contributed by atoms with Crippen LogP contribution in [-0.2, 0) is 4.79 Å². The minimum atomic E-state index is -0.516. The maximum atomic E-state index is 12.7. The van der Waals surface area contributed by atoms with Crippen LogP contribution in [0.4, 0.5) is 16.5 Å². The predicted octanol–water partition coefficient (Wildman–Crippen LogP) is 6.85. The number of thioether (sulfide) groups is 1. The van der Waals surface area contributed by atoms with Crippen LogP contribution in [0.3, 0.4) is 0 Å². The summed E-state index contributed by atoms with van der Waals surface area (Å²) < 4.78 is 0.987. The fraction of sp³-hybridized carbons (Fsp3) is 0.0800. The van der Waals surface area contributed by atoms with Gasteiger partial charge in [0.1, 0.15) is 0 Å². The van der Waals surface area contributed by atoms with E-state index in [1.165, 1.54) is 47.4 Å². The van der Waals surface area contributed by atoms with Gasteiger partial charge in [-0.25, -0.2) is 4.98 Å². The van der Waals surface area contributed by atoms with E-state index in [0.717, 1.165) is 20.6 Å². The summed E-state index contributed by atoms with van der Waals surface area (Å²) in [5.74, 6) is -0.531. The highest BCUT2D eigenvalue weighted by Gasteiger charge is 2.17. The molecule has 4 rings (SSSR count). The minimum Gasteiger partial charge on any atom is -0.322 e. The lowest BCUT2D eigenvalue weighted by molar-refractivity contribution is -0.384. The number of nitro groups is 1. The number of non-ortho nitro benzene ring substituents is 1. The van der Waals surface area contributed by atoms with Gasteiger partial charge in [0.25, 0.3) is 11.6 Å². The number of thiazole rings is 1. The van der Waals surface area contributed by atoms with E-state index in [1.807, 2.05) is 48.7 Å². The molecule has 0 spiro atoms. The molecule has 2 N–H and O–H groups in total. The highest BCUT2D eigenvalue weighted by Crippen LogP contribution is 2.29. The number of nitrogens with one attached hydrogen (secondary N) is 2. The van der Waals surface area contributed by atoms with Gasteiger partial charge >= 0.3 is 0 Å². The number of carbonyl (C=O) groups excluding carboxylic acids is 2. The maximum Gasteiger partial charge on any atom is 0.269 e. The molecule has 36 heavy (non-hydrogen) atoms. The Morgan fingerprint density at radius 3 is 2.31 bits per heavy atom. The molecule has 1 aromatic heterocycles. The van der Waals surface area contributed by atoms with Crippen molar-refractivity contribution in [1.82, 2.24) is 4.98 Å². The van der Waals surface area contributed by atoms with Crippen LogP contribution in [0.5, 0.6) is 0 Å². The van der Waals surface area contributed by atoms with Crippen molar-refractivity contribution < 1.29 is 14.5 Å². The van der Waals surface area contributed by atoms with Gasteiger partial charge in [0.2, 0.25) is 5.91 Å². The van der Waals surface area contributed by atoms with Gasteiger partial charge in [-0.2, -0.15) is 0 Å². The van der Waals surface area contributed by atoms with Crippen LogP contribution in [0.15, 0.2) is 87.5 Å². The van der Waals surface area contributed by atoms with Crippen molar-refractivity contribution in [3.63, 3.8) is 0 Å². The Labute approximate surface area is 223 Å². The third-order valence-corrected chi connectivity index (χ3v) is 7.41. The van der Waals surface area contributed by atoms with Gasteiger partial charge in [-0.05, 0) is 55.5 Å². The number of aromatic nitrogens is 1. The molecule has 0 bridgehead atoms. The first-order valence-electron chi connectivity index (χ1n) is 10.6. The molecule has 11 heteroatoms. The molecule has 2 amide bonds. The van der Waals surface area contributed by atoms with E-state index in [9.17, 15) is 19.7 Å². The summed E-state index contributed by atoms with van der Waals surface area (Å²) in [6, 6.07) is 20.3. The van der Waals surface area contributed by atoms with Crippen molar-refractivity contribution in [2.24, 2.45) is 0 Å². The quantitative estimate of drug-likeness (QED) is 0.133. The molecule has 1 heterocycles. The molecule has 4 aromatic rings. The molecule has 3 aromatic carbocycles. The maximum absolute atomic E-state index is 12.7. The van der Waals surface area contributed by atoms with Gasteiger partial charge in [0.15, 0.2) is 5.13 Å². The first-order valence-corrected chi connectivity index (χ1v) is 13.2. The van der Waals surface area contributed by atoms with E-state index in [-0.39, 0.29) is 22.8 Å². The van der Waals surface area contributed by atoms with Crippen molar-refractivity contribution in [3.8, 4) is 11.3 Å². The molecule has 1 unspecified atom stereocenters. The number of benzene rings is 3. The molecular weight excluding hydrogens is 564 g/mol. The summed E-state index contributed by atoms with van der Waals surface area (Å²) in [7, 11) is 0. The number of halogens is 1. The number of hydrogen-bond donors (Lipinski definition) is 2. The second-order valence-electron chi connectivity index (χ2n) is 7.58. The third kappa shape index (κ3) is 6.56. The summed E-state index contributed by atoms with van der Waals surface area (Å²) in [6.07, 6.45) is 0. The largest absolute Gasteiger partial charge is 0.322 e. The van der Waals surface area contributed by atoms with Crippen LogP contribution in [0.25, 0.3) is 11.3 Å². The Hall–Kier alpha value is -3.54. The molecule has 0 saturated carbocycles. The second-order valence-corrected chi connectivity index (χ2v) is 10.8. The molecule has 0 aliphatic carbocycles. The number of rotatable bonds is 8. The molecule has 8 nitrogen and oxygen atoms in total. The topological polar surface area (TPSA) is 114 Å². The lowest BCUT2D eigenvalue weighted by Gasteiger charge is -2.11. The van der Waals surface area contributed by atoms with E-state index in [2.05, 4.69) is 31.5 Å². The highest BCUT2D eigenvalue weighted by molar-refractivity contribution is 9.10. The van der Waals surface area contributed by atoms with Crippen molar-refractivity contribution in [2.75, 3.05) is 10.6 Å². The summed E-state index contributed by atoms with van der Waals surface area (Å²) in [5, 5.41) is 18.4. The lowest BCUT2D eigenvalue weighted by Crippen LogP contribution is -2.22. The van der Waals surface area contributed by atoms with Crippen LogP contribution in [0, 0.1) is 10.1 Å². The normalized spacial score (nSPS) is 11.5. The zero-order valence-corrected chi connectivity index (χ0v) is 22.0. The minimum absolute atomic E-state index is 0.0778. The number of amides is 2. The summed E-state index contributed by atoms with van der Waals surface area (Å²) in [6.45, 7) is 1.81. The van der Waals surface area contributed by atoms with Crippen molar-refractivity contribution >= 4 is 67.3 Å². The number of anilines is 2. The summed E-state index contributed by atoms with van der Waals surface area (Å²) in [5.41, 5.74) is 2.58. The van der Waals surface area contributed by atoms with Gasteiger partial charge in [0, 0.05) is 43.7 Å². The molecule has 0 fully saturated rings. The lowest BCUT2D eigenvalue weighted by atomic mass is 10.2. The van der Waals surface area contributed by atoms with Crippen LogP contribution >= 0.6 is 39.0 Å². The Kier molecular flexibility index (Phi) is 8.14. The van der Waals surface area contributed by atoms with Crippen molar-refractivity contribution in [3.05, 3.63) is 98.3 Å². The zero-order chi connectivity index (χ0) is 25.7. The van der Waals surface area contributed by atoms with Gasteiger partial charge in [-0.15, -0.1) is 23.1 Å². The van der Waals surface area contributed by atoms with E-state index in [0.29, 0.717) is 16.4 Å². The van der Waals surface area contributed by atoms with Crippen LogP contribution in [0.2, 0.25) is 0 Å². The van der Waals surface area contributed by atoms with Crippen molar-refractivity contribution in [1.29, 1.82) is 0 Å². The fourth-order valence-electron chi connectivity index (χ4n) is 3.10. The number of nitrogens with zero attached hydrogens (tertiary/aromatic N) is 2. The second kappa shape index (κ2) is 11.5. The Balaban J connectivity index is 1.30. The molecule has 0 aliphatic heterocycles. The average Bonchev–Trinajstić information content (AvgIpc) is 3.34.